The van der Waals surface area contributed by atoms with Gasteiger partial charge in [0.1, 0.15) is 17.3 Å². The minimum Gasteiger partial charge on any atom is -0.497 e. The quantitative estimate of drug-likeness (QED) is 0.743. The number of benzene rings is 1. The monoisotopic (exact) mass is 414 g/mol. The first kappa shape index (κ1) is 19.8. The summed E-state index contributed by atoms with van der Waals surface area (Å²) >= 11 is 1.57. The zero-order valence-electron chi connectivity index (χ0n) is 17.4. The van der Waals surface area contributed by atoms with Crippen LogP contribution in [0, 0.1) is 11.3 Å². The highest BCUT2D eigenvalue weighted by Gasteiger charge is 2.46. The van der Waals surface area contributed by atoms with E-state index in [1.165, 1.54) is 0 Å². The van der Waals surface area contributed by atoms with Crippen molar-refractivity contribution < 1.29 is 14.3 Å². The SMILES string of the molecule is CCSc1nc2n(n1)[C@H](c1cc(OC)ccc1OC)[C@H]1C(=O)CC(C)(C)C=C1N2. The van der Waals surface area contributed by atoms with Gasteiger partial charge in [-0.15, -0.1) is 5.10 Å². The zero-order valence-corrected chi connectivity index (χ0v) is 18.2. The van der Waals surface area contributed by atoms with Crippen LogP contribution in [0.4, 0.5) is 5.95 Å². The minimum absolute atomic E-state index is 0.181. The van der Waals surface area contributed by atoms with Gasteiger partial charge >= 0.3 is 0 Å². The number of rotatable bonds is 5. The Bertz CT molecular complexity index is 982. The molecule has 0 radical (unpaired) electrons. The third kappa shape index (κ3) is 3.50. The summed E-state index contributed by atoms with van der Waals surface area (Å²) in [6, 6.07) is 5.30. The van der Waals surface area contributed by atoms with Crippen molar-refractivity contribution in [2.24, 2.45) is 11.3 Å². The topological polar surface area (TPSA) is 78.3 Å². The number of hydrogen-bond donors (Lipinski definition) is 1. The van der Waals surface area contributed by atoms with Crippen LogP contribution in [0.3, 0.4) is 0 Å². The fraction of sp³-hybridized carbons (Fsp3) is 0.476. The maximum absolute atomic E-state index is 13.3. The van der Waals surface area contributed by atoms with Crippen molar-refractivity contribution in [2.45, 2.75) is 38.4 Å². The number of Topliss-reactive ketones (excluding diaryl/α,β-unsaturated/α-hetero) is 1. The van der Waals surface area contributed by atoms with E-state index in [0.29, 0.717) is 29.0 Å². The molecule has 1 aliphatic heterocycles. The second kappa shape index (κ2) is 7.40. The van der Waals surface area contributed by atoms with Crippen LogP contribution in [0.25, 0.3) is 0 Å². The molecule has 2 aromatic rings. The summed E-state index contributed by atoms with van der Waals surface area (Å²) in [5.74, 6) is 2.72. The number of carbonyl (C=O) groups is 1. The number of ether oxygens (including phenoxy) is 2. The number of carbonyl (C=O) groups excluding carboxylic acids is 1. The number of aromatic nitrogens is 3. The molecule has 0 fully saturated rings. The molecule has 0 saturated heterocycles. The normalized spacial score (nSPS) is 22.2. The number of hydrogen-bond acceptors (Lipinski definition) is 7. The zero-order chi connectivity index (χ0) is 20.8. The number of fused-ring (bicyclic) bond motifs is 2. The Morgan fingerprint density at radius 3 is 2.79 bits per heavy atom. The van der Waals surface area contributed by atoms with Crippen LogP contribution in [0.5, 0.6) is 11.5 Å². The number of anilines is 1. The summed E-state index contributed by atoms with van der Waals surface area (Å²) < 4.78 is 12.9. The van der Waals surface area contributed by atoms with Gasteiger partial charge < -0.3 is 14.8 Å². The van der Waals surface area contributed by atoms with Crippen LogP contribution in [0.1, 0.15) is 38.8 Å². The highest BCUT2D eigenvalue weighted by Crippen LogP contribution is 2.47. The standard InChI is InChI=1S/C21H26N4O3S/c1-6-29-20-23-19-22-14-10-21(2,3)11-15(26)17(14)18(25(19)24-20)13-9-12(27-4)7-8-16(13)28-5/h7-10,17-18H,6,11H2,1-5H3,(H,22,23,24)/t17-,18-/m1/s1. The fourth-order valence-corrected chi connectivity index (χ4v) is 4.73. The number of methoxy groups -OCH3 is 2. The molecule has 2 heterocycles. The highest BCUT2D eigenvalue weighted by atomic mass is 32.2. The van der Waals surface area contributed by atoms with Gasteiger partial charge in [0.2, 0.25) is 11.1 Å². The van der Waals surface area contributed by atoms with Crippen LogP contribution in [0.2, 0.25) is 0 Å². The molecule has 1 N–H and O–H groups in total. The lowest BCUT2D eigenvalue weighted by Crippen LogP contribution is -2.42. The summed E-state index contributed by atoms with van der Waals surface area (Å²) in [7, 11) is 3.26. The molecular formula is C21H26N4O3S. The molecule has 4 rings (SSSR count). The third-order valence-corrected chi connectivity index (χ3v) is 6.05. The first-order chi connectivity index (χ1) is 13.9. The molecule has 1 aliphatic carbocycles. The lowest BCUT2D eigenvalue weighted by atomic mass is 9.72. The third-order valence-electron chi connectivity index (χ3n) is 5.33. The van der Waals surface area contributed by atoms with Gasteiger partial charge in [-0.1, -0.05) is 38.6 Å². The van der Waals surface area contributed by atoms with E-state index in [0.717, 1.165) is 17.0 Å². The van der Waals surface area contributed by atoms with Crippen LogP contribution in [-0.2, 0) is 4.79 Å². The molecule has 1 aromatic heterocycles. The molecule has 0 saturated carbocycles. The van der Waals surface area contributed by atoms with Crippen LogP contribution < -0.4 is 14.8 Å². The van der Waals surface area contributed by atoms with E-state index in [2.05, 4.69) is 37.1 Å². The number of nitrogens with zero attached hydrogens (tertiary/aromatic N) is 3. The van der Waals surface area contributed by atoms with Crippen molar-refractivity contribution in [1.82, 2.24) is 14.8 Å². The average Bonchev–Trinajstić information content (AvgIpc) is 3.07. The number of thioether (sulfide) groups is 1. The van der Waals surface area contributed by atoms with Crippen molar-refractivity contribution >= 4 is 23.5 Å². The molecule has 0 amide bonds. The summed E-state index contributed by atoms with van der Waals surface area (Å²) in [6.45, 7) is 6.22. The van der Waals surface area contributed by atoms with Crippen LogP contribution in [0.15, 0.2) is 35.1 Å². The Morgan fingerprint density at radius 2 is 2.10 bits per heavy atom. The number of allylic oxidation sites excluding steroid dienone is 2. The highest BCUT2D eigenvalue weighted by molar-refractivity contribution is 7.99. The summed E-state index contributed by atoms with van der Waals surface area (Å²) in [6.07, 6.45) is 2.63. The van der Waals surface area contributed by atoms with E-state index in [1.807, 2.05) is 22.9 Å². The Kier molecular flexibility index (Phi) is 5.06. The summed E-state index contributed by atoms with van der Waals surface area (Å²) in [5, 5.41) is 8.78. The van der Waals surface area contributed by atoms with Crippen LogP contribution in [-0.4, -0.2) is 40.5 Å². The molecule has 7 nitrogen and oxygen atoms in total. The summed E-state index contributed by atoms with van der Waals surface area (Å²) in [5.41, 5.74) is 1.54. The molecular weight excluding hydrogens is 388 g/mol. The van der Waals surface area contributed by atoms with Gasteiger partial charge in [-0.25, -0.2) is 4.68 Å². The molecule has 0 spiro atoms. The van der Waals surface area contributed by atoms with Gasteiger partial charge in [0.05, 0.1) is 26.2 Å². The van der Waals surface area contributed by atoms with Crippen LogP contribution >= 0.6 is 11.8 Å². The molecule has 1 aromatic carbocycles. The smallest absolute Gasteiger partial charge is 0.227 e. The van der Waals surface area contributed by atoms with Crippen molar-refractivity contribution in [3.05, 3.63) is 35.5 Å². The van der Waals surface area contributed by atoms with E-state index in [-0.39, 0.29) is 23.2 Å². The fourth-order valence-electron chi connectivity index (χ4n) is 4.18. The van der Waals surface area contributed by atoms with Crippen molar-refractivity contribution in [3.8, 4) is 11.5 Å². The molecule has 29 heavy (non-hydrogen) atoms. The first-order valence-electron chi connectivity index (χ1n) is 9.70. The van der Waals surface area contributed by atoms with Gasteiger partial charge in [0.15, 0.2) is 0 Å². The maximum Gasteiger partial charge on any atom is 0.227 e. The van der Waals surface area contributed by atoms with Gasteiger partial charge in [0.25, 0.3) is 0 Å². The Hall–Kier alpha value is -2.48. The molecule has 0 unspecified atom stereocenters. The maximum atomic E-state index is 13.3. The lowest BCUT2D eigenvalue weighted by Gasteiger charge is -2.40. The van der Waals surface area contributed by atoms with E-state index in [4.69, 9.17) is 14.6 Å². The largest absolute Gasteiger partial charge is 0.497 e. The predicted molar refractivity (Wildman–Crippen MR) is 113 cm³/mol. The van der Waals surface area contributed by atoms with Gasteiger partial charge in [-0.3, -0.25) is 4.79 Å². The van der Waals surface area contributed by atoms with Crippen molar-refractivity contribution in [1.29, 1.82) is 0 Å². The Labute approximate surface area is 174 Å². The first-order valence-corrected chi connectivity index (χ1v) is 10.7. The lowest BCUT2D eigenvalue weighted by molar-refractivity contribution is -0.125. The van der Waals surface area contributed by atoms with Gasteiger partial charge in [-0.2, -0.15) is 4.98 Å². The van der Waals surface area contributed by atoms with E-state index < -0.39 is 0 Å². The Morgan fingerprint density at radius 1 is 1.31 bits per heavy atom. The van der Waals surface area contributed by atoms with E-state index >= 15 is 0 Å². The summed E-state index contributed by atoms with van der Waals surface area (Å²) in [4.78, 5) is 18.0. The molecule has 2 atom stereocenters. The van der Waals surface area contributed by atoms with Gasteiger partial charge in [0, 0.05) is 17.7 Å². The second-order valence-electron chi connectivity index (χ2n) is 7.98. The Balaban J connectivity index is 1.94. The average molecular weight is 415 g/mol. The molecule has 2 aliphatic rings. The molecule has 0 bridgehead atoms. The van der Waals surface area contributed by atoms with Crippen molar-refractivity contribution in [3.63, 3.8) is 0 Å². The number of ketones is 1. The number of nitrogens with one attached hydrogen (secondary N) is 1. The second-order valence-corrected chi connectivity index (χ2v) is 9.21. The van der Waals surface area contributed by atoms with Gasteiger partial charge in [-0.05, 0) is 29.4 Å². The predicted octanol–water partition coefficient (Wildman–Crippen LogP) is 3.92. The van der Waals surface area contributed by atoms with E-state index in [1.54, 1.807) is 26.0 Å². The molecule has 154 valence electrons. The van der Waals surface area contributed by atoms with Crippen molar-refractivity contribution in [2.75, 3.05) is 25.3 Å². The van der Waals surface area contributed by atoms with E-state index in [9.17, 15) is 4.79 Å². The minimum atomic E-state index is -0.377. The molecule has 8 heteroatoms.